The van der Waals surface area contributed by atoms with Crippen LogP contribution in [0.1, 0.15) is 13.8 Å². The molecule has 0 radical (unpaired) electrons. The third kappa shape index (κ3) is 1.10. The normalized spacial score (nSPS) is 24.2. The summed E-state index contributed by atoms with van der Waals surface area (Å²) in [6, 6.07) is 0. The lowest BCUT2D eigenvalue weighted by Gasteiger charge is -2.02. The van der Waals surface area contributed by atoms with E-state index < -0.39 is 0 Å². The Balaban J connectivity index is 2.74. The monoisotopic (exact) mass is 122 g/mol. The van der Waals surface area contributed by atoms with Gasteiger partial charge in [-0.15, -0.1) is 0 Å². The second-order valence-corrected chi connectivity index (χ2v) is 2.38. The molecule has 1 aliphatic carbocycles. The Morgan fingerprint density at radius 1 is 1.67 bits per heavy atom. The minimum atomic E-state index is 0.0741. The average Bonchev–Trinajstić information content (AvgIpc) is 2.13. The van der Waals surface area contributed by atoms with Crippen molar-refractivity contribution in [2.24, 2.45) is 5.92 Å². The van der Waals surface area contributed by atoms with Gasteiger partial charge in [0.25, 0.3) is 0 Å². The van der Waals surface area contributed by atoms with Gasteiger partial charge in [-0.1, -0.05) is 23.8 Å². The number of Topliss-reactive ketones (excluding diaryl/α,β-unsaturated/α-hetero) is 1. The molecule has 0 amide bonds. The van der Waals surface area contributed by atoms with E-state index in [1.807, 2.05) is 25.2 Å². The fourth-order valence-electron chi connectivity index (χ4n) is 1.03. The van der Waals surface area contributed by atoms with Crippen LogP contribution in [0.4, 0.5) is 0 Å². The van der Waals surface area contributed by atoms with Crippen LogP contribution in [0.3, 0.4) is 0 Å². The molecule has 1 atom stereocenters. The largest absolute Gasteiger partial charge is 0.299 e. The van der Waals surface area contributed by atoms with Crippen LogP contribution in [0.5, 0.6) is 0 Å². The second-order valence-electron chi connectivity index (χ2n) is 2.38. The highest BCUT2D eigenvalue weighted by Gasteiger charge is 2.14. The molecule has 0 fully saturated rings. The van der Waals surface area contributed by atoms with E-state index in [0.717, 1.165) is 5.57 Å². The van der Waals surface area contributed by atoms with Gasteiger partial charge in [0.05, 0.1) is 5.92 Å². The lowest BCUT2D eigenvalue weighted by molar-refractivity contribution is -0.118. The van der Waals surface area contributed by atoms with Crippen LogP contribution in [0.15, 0.2) is 23.8 Å². The number of ketones is 1. The molecule has 0 N–H and O–H groups in total. The first-order valence-corrected chi connectivity index (χ1v) is 3.07. The van der Waals surface area contributed by atoms with Gasteiger partial charge in [-0.3, -0.25) is 4.79 Å². The SMILES string of the molecule is CC(=O)C1C=CC=C1C. The number of allylic oxidation sites excluding steroid dienone is 4. The smallest absolute Gasteiger partial charge is 0.140 e. The van der Waals surface area contributed by atoms with Gasteiger partial charge in [0.15, 0.2) is 0 Å². The van der Waals surface area contributed by atoms with Crippen LogP contribution in [0.2, 0.25) is 0 Å². The van der Waals surface area contributed by atoms with Crippen molar-refractivity contribution < 1.29 is 4.79 Å². The number of carbonyl (C=O) groups is 1. The molecule has 0 aromatic heterocycles. The fourth-order valence-corrected chi connectivity index (χ4v) is 1.03. The summed E-state index contributed by atoms with van der Waals surface area (Å²) in [4.78, 5) is 10.8. The van der Waals surface area contributed by atoms with E-state index in [1.54, 1.807) is 6.92 Å². The molecule has 0 saturated carbocycles. The van der Waals surface area contributed by atoms with Gasteiger partial charge in [0.2, 0.25) is 0 Å². The number of rotatable bonds is 1. The molecule has 0 bridgehead atoms. The molecule has 0 heterocycles. The summed E-state index contributed by atoms with van der Waals surface area (Å²) in [5.41, 5.74) is 1.16. The topological polar surface area (TPSA) is 17.1 Å². The van der Waals surface area contributed by atoms with Crippen LogP contribution in [-0.2, 0) is 4.79 Å². The maximum absolute atomic E-state index is 10.8. The molecule has 1 heteroatoms. The first kappa shape index (κ1) is 6.27. The first-order valence-electron chi connectivity index (χ1n) is 3.07. The maximum Gasteiger partial charge on any atom is 0.140 e. The van der Waals surface area contributed by atoms with Crippen LogP contribution in [0.25, 0.3) is 0 Å². The van der Waals surface area contributed by atoms with Crippen LogP contribution in [0, 0.1) is 5.92 Å². The van der Waals surface area contributed by atoms with E-state index in [2.05, 4.69) is 0 Å². The number of hydrogen-bond donors (Lipinski definition) is 0. The van der Waals surface area contributed by atoms with Crippen molar-refractivity contribution in [2.75, 3.05) is 0 Å². The number of hydrogen-bond acceptors (Lipinski definition) is 1. The molecule has 1 aliphatic rings. The average molecular weight is 122 g/mol. The molecule has 48 valence electrons. The molecular weight excluding hydrogens is 112 g/mol. The van der Waals surface area contributed by atoms with Gasteiger partial charge in [-0.25, -0.2) is 0 Å². The summed E-state index contributed by atoms with van der Waals surface area (Å²) in [6.07, 6.45) is 5.84. The predicted octanol–water partition coefficient (Wildman–Crippen LogP) is 1.71. The Morgan fingerprint density at radius 3 is 2.56 bits per heavy atom. The Hall–Kier alpha value is -0.850. The zero-order valence-electron chi connectivity index (χ0n) is 5.72. The van der Waals surface area contributed by atoms with Crippen LogP contribution >= 0.6 is 0 Å². The minimum Gasteiger partial charge on any atom is -0.299 e. The lowest BCUT2D eigenvalue weighted by Crippen LogP contribution is -2.06. The van der Waals surface area contributed by atoms with Gasteiger partial charge in [-0.05, 0) is 13.8 Å². The first-order chi connectivity index (χ1) is 4.22. The Morgan fingerprint density at radius 2 is 2.33 bits per heavy atom. The molecular formula is C8H10O. The molecule has 0 spiro atoms. The zero-order chi connectivity index (χ0) is 6.85. The van der Waals surface area contributed by atoms with Crippen molar-refractivity contribution in [1.29, 1.82) is 0 Å². The third-order valence-electron chi connectivity index (χ3n) is 1.59. The summed E-state index contributed by atoms with van der Waals surface area (Å²) >= 11 is 0. The van der Waals surface area contributed by atoms with E-state index in [4.69, 9.17) is 0 Å². The van der Waals surface area contributed by atoms with Gasteiger partial charge >= 0.3 is 0 Å². The van der Waals surface area contributed by atoms with Crippen molar-refractivity contribution in [3.8, 4) is 0 Å². The molecule has 0 aromatic rings. The molecule has 0 aromatic carbocycles. The fraction of sp³-hybridized carbons (Fsp3) is 0.375. The molecule has 1 rings (SSSR count). The summed E-state index contributed by atoms with van der Waals surface area (Å²) in [5, 5.41) is 0. The van der Waals surface area contributed by atoms with Gasteiger partial charge in [0, 0.05) is 0 Å². The second kappa shape index (κ2) is 2.18. The van der Waals surface area contributed by atoms with E-state index in [-0.39, 0.29) is 11.7 Å². The summed E-state index contributed by atoms with van der Waals surface area (Å²) < 4.78 is 0. The Labute approximate surface area is 55.1 Å². The number of carbonyl (C=O) groups excluding carboxylic acids is 1. The zero-order valence-corrected chi connectivity index (χ0v) is 5.72. The van der Waals surface area contributed by atoms with Gasteiger partial charge in [-0.2, -0.15) is 0 Å². The maximum atomic E-state index is 10.8. The van der Waals surface area contributed by atoms with Crippen molar-refractivity contribution >= 4 is 5.78 Å². The minimum absolute atomic E-state index is 0.0741. The molecule has 1 nitrogen and oxygen atoms in total. The lowest BCUT2D eigenvalue weighted by atomic mass is 10.0. The van der Waals surface area contributed by atoms with Crippen molar-refractivity contribution in [2.45, 2.75) is 13.8 Å². The quantitative estimate of drug-likeness (QED) is 0.517. The molecule has 0 aliphatic heterocycles. The van der Waals surface area contributed by atoms with Gasteiger partial charge < -0.3 is 0 Å². The standard InChI is InChI=1S/C8H10O/c1-6-4-3-5-8(6)7(2)9/h3-5,8H,1-2H3. The Kier molecular flexibility index (Phi) is 1.52. The van der Waals surface area contributed by atoms with E-state index in [9.17, 15) is 4.79 Å². The van der Waals surface area contributed by atoms with E-state index in [1.165, 1.54) is 0 Å². The summed E-state index contributed by atoms with van der Waals surface area (Å²) in [5.74, 6) is 0.308. The highest BCUT2D eigenvalue weighted by molar-refractivity contribution is 5.83. The van der Waals surface area contributed by atoms with Crippen molar-refractivity contribution in [3.05, 3.63) is 23.8 Å². The highest BCUT2D eigenvalue weighted by Crippen LogP contribution is 2.18. The van der Waals surface area contributed by atoms with Crippen molar-refractivity contribution in [3.63, 3.8) is 0 Å². The van der Waals surface area contributed by atoms with Crippen LogP contribution < -0.4 is 0 Å². The van der Waals surface area contributed by atoms with E-state index >= 15 is 0 Å². The van der Waals surface area contributed by atoms with Crippen LogP contribution in [-0.4, -0.2) is 5.78 Å². The molecule has 0 saturated heterocycles. The summed E-state index contributed by atoms with van der Waals surface area (Å²) in [6.45, 7) is 3.60. The van der Waals surface area contributed by atoms with Gasteiger partial charge in [0.1, 0.15) is 5.78 Å². The summed E-state index contributed by atoms with van der Waals surface area (Å²) in [7, 11) is 0. The van der Waals surface area contributed by atoms with Crippen molar-refractivity contribution in [1.82, 2.24) is 0 Å². The highest BCUT2D eigenvalue weighted by atomic mass is 16.1. The Bertz CT molecular complexity index is 187. The third-order valence-corrected chi connectivity index (χ3v) is 1.59. The predicted molar refractivity (Wildman–Crippen MR) is 37.1 cm³/mol. The van der Waals surface area contributed by atoms with E-state index in [0.29, 0.717) is 0 Å². The molecule has 9 heavy (non-hydrogen) atoms. The molecule has 1 unspecified atom stereocenters.